The van der Waals surface area contributed by atoms with Crippen molar-refractivity contribution >= 4 is 34.6 Å². The van der Waals surface area contributed by atoms with Crippen LogP contribution < -0.4 is 19.7 Å². The molecule has 1 aliphatic carbocycles. The zero-order valence-electron chi connectivity index (χ0n) is 23.4. The second kappa shape index (κ2) is 12.1. The van der Waals surface area contributed by atoms with Gasteiger partial charge in [-0.2, -0.15) is 5.26 Å². The molecule has 43 heavy (non-hydrogen) atoms. The molecule has 1 aliphatic heterocycles. The van der Waals surface area contributed by atoms with Crippen molar-refractivity contribution < 1.29 is 32.3 Å². The number of ether oxygens (including phenoxy) is 2. The van der Waals surface area contributed by atoms with Crippen molar-refractivity contribution in [2.24, 2.45) is 5.16 Å². The SMILES string of the molecule is COc1cc(NC(C(=O)N2CC3(CC3)c3ccc(OC(F)(F)F)cc32)c2ccc(Cl)cc2)cc(C(C)=NOCCC#N)c1. The molecule has 224 valence electrons. The third-order valence-electron chi connectivity index (χ3n) is 7.47. The summed E-state index contributed by atoms with van der Waals surface area (Å²) in [4.78, 5) is 21.1. The van der Waals surface area contributed by atoms with Crippen LogP contribution in [-0.4, -0.2) is 38.2 Å². The average molecular weight is 613 g/mol. The van der Waals surface area contributed by atoms with Crippen molar-refractivity contribution in [3.05, 3.63) is 82.4 Å². The van der Waals surface area contributed by atoms with Crippen molar-refractivity contribution in [2.45, 2.75) is 44.0 Å². The van der Waals surface area contributed by atoms with Crippen LogP contribution in [0.4, 0.5) is 24.5 Å². The fraction of sp³-hybridized carbons (Fsp3) is 0.323. The summed E-state index contributed by atoms with van der Waals surface area (Å²) < 4.78 is 48.8. The maximum absolute atomic E-state index is 14.4. The summed E-state index contributed by atoms with van der Waals surface area (Å²) in [5, 5.41) is 16.6. The molecule has 1 spiro atoms. The molecule has 2 aliphatic rings. The third-order valence-corrected chi connectivity index (χ3v) is 7.73. The summed E-state index contributed by atoms with van der Waals surface area (Å²) in [6.07, 6.45) is -3.01. The van der Waals surface area contributed by atoms with E-state index < -0.39 is 12.4 Å². The van der Waals surface area contributed by atoms with Crippen LogP contribution in [0.25, 0.3) is 0 Å². The molecule has 1 heterocycles. The lowest BCUT2D eigenvalue weighted by Crippen LogP contribution is -2.38. The van der Waals surface area contributed by atoms with Crippen molar-refractivity contribution in [1.29, 1.82) is 5.26 Å². The molecule has 3 aromatic carbocycles. The number of alkyl halides is 3. The van der Waals surface area contributed by atoms with Gasteiger partial charge in [-0.15, -0.1) is 13.2 Å². The number of carbonyl (C=O) groups excluding carboxylic acids is 1. The minimum Gasteiger partial charge on any atom is -0.497 e. The molecule has 0 radical (unpaired) electrons. The summed E-state index contributed by atoms with van der Waals surface area (Å²) in [5.41, 5.74) is 3.25. The number of hydrogen-bond acceptors (Lipinski definition) is 7. The molecular weight excluding hydrogens is 585 g/mol. The highest BCUT2D eigenvalue weighted by Gasteiger charge is 2.54. The fourth-order valence-corrected chi connectivity index (χ4v) is 5.32. The van der Waals surface area contributed by atoms with E-state index in [1.807, 2.05) is 6.07 Å². The van der Waals surface area contributed by atoms with Crippen LogP contribution in [0.15, 0.2) is 65.8 Å². The summed E-state index contributed by atoms with van der Waals surface area (Å²) in [5.74, 6) is -0.251. The Bertz CT molecular complexity index is 1580. The van der Waals surface area contributed by atoms with Crippen LogP contribution in [-0.2, 0) is 15.0 Å². The van der Waals surface area contributed by atoms with Crippen molar-refractivity contribution in [3.8, 4) is 17.6 Å². The Morgan fingerprint density at radius 3 is 2.53 bits per heavy atom. The summed E-state index contributed by atoms with van der Waals surface area (Å²) in [7, 11) is 1.51. The number of oxime groups is 1. The van der Waals surface area contributed by atoms with Crippen molar-refractivity contribution in [3.63, 3.8) is 0 Å². The van der Waals surface area contributed by atoms with E-state index in [1.54, 1.807) is 55.5 Å². The Labute approximate surface area is 251 Å². The standard InChI is InChI=1S/C31H28ClF3N4O4/c1-19(38-42-13-3-12-36)21-14-23(16-25(15-21)41-2)37-28(20-4-6-22(32)7-5-20)29(40)39-18-30(10-11-30)26-9-8-24(17-27(26)39)43-31(33,34)35/h4-9,14-17,28,37H,3,10-11,13,18H2,1-2H3. The second-order valence-corrected chi connectivity index (χ2v) is 10.9. The molecule has 1 fully saturated rings. The van der Waals surface area contributed by atoms with Crippen LogP contribution in [0.3, 0.4) is 0 Å². The van der Waals surface area contributed by atoms with Gasteiger partial charge < -0.3 is 24.5 Å². The van der Waals surface area contributed by atoms with Gasteiger partial charge in [-0.1, -0.05) is 35.0 Å². The minimum atomic E-state index is -4.86. The molecule has 0 bridgehead atoms. The van der Waals surface area contributed by atoms with E-state index in [0.29, 0.717) is 45.5 Å². The average Bonchev–Trinajstić information content (AvgIpc) is 3.69. The molecule has 1 unspecified atom stereocenters. The van der Waals surface area contributed by atoms with Gasteiger partial charge in [-0.25, -0.2) is 0 Å². The Hall–Kier alpha value is -4.43. The highest BCUT2D eigenvalue weighted by Crippen LogP contribution is 2.57. The zero-order chi connectivity index (χ0) is 30.8. The van der Waals surface area contributed by atoms with E-state index in [1.165, 1.54) is 24.1 Å². The number of halogens is 4. The molecule has 1 atom stereocenters. The normalized spacial score (nSPS) is 15.8. The number of carbonyl (C=O) groups is 1. The van der Waals surface area contributed by atoms with E-state index in [4.69, 9.17) is 26.4 Å². The van der Waals surface area contributed by atoms with E-state index in [2.05, 4.69) is 15.2 Å². The maximum Gasteiger partial charge on any atom is 0.573 e. The predicted molar refractivity (Wildman–Crippen MR) is 156 cm³/mol. The number of nitriles is 1. The number of nitrogens with zero attached hydrogens (tertiary/aromatic N) is 3. The van der Waals surface area contributed by atoms with Gasteiger partial charge in [0.2, 0.25) is 0 Å². The lowest BCUT2D eigenvalue weighted by molar-refractivity contribution is -0.274. The summed E-state index contributed by atoms with van der Waals surface area (Å²) in [6, 6.07) is 17.3. The van der Waals surface area contributed by atoms with E-state index in [0.717, 1.165) is 18.4 Å². The van der Waals surface area contributed by atoms with Gasteiger partial charge >= 0.3 is 6.36 Å². The number of rotatable bonds is 10. The van der Waals surface area contributed by atoms with Crippen LogP contribution in [0, 0.1) is 11.3 Å². The first-order valence-electron chi connectivity index (χ1n) is 13.5. The number of methoxy groups -OCH3 is 1. The van der Waals surface area contributed by atoms with Gasteiger partial charge in [0.1, 0.15) is 24.1 Å². The Morgan fingerprint density at radius 2 is 1.88 bits per heavy atom. The number of amides is 1. The molecule has 1 N–H and O–H groups in total. The predicted octanol–water partition coefficient (Wildman–Crippen LogP) is 7.13. The number of nitrogens with one attached hydrogen (secondary N) is 1. The van der Waals surface area contributed by atoms with Crippen LogP contribution in [0.5, 0.6) is 11.5 Å². The monoisotopic (exact) mass is 612 g/mol. The topological polar surface area (TPSA) is 96.2 Å². The van der Waals surface area contributed by atoms with Crippen LogP contribution in [0.2, 0.25) is 5.02 Å². The van der Waals surface area contributed by atoms with Crippen molar-refractivity contribution in [1.82, 2.24) is 0 Å². The highest BCUT2D eigenvalue weighted by molar-refractivity contribution is 6.30. The fourth-order valence-electron chi connectivity index (χ4n) is 5.19. The van der Waals surface area contributed by atoms with Gasteiger partial charge in [0.05, 0.1) is 31.0 Å². The highest BCUT2D eigenvalue weighted by atomic mass is 35.5. The van der Waals surface area contributed by atoms with Gasteiger partial charge in [0.15, 0.2) is 0 Å². The molecule has 8 nitrogen and oxygen atoms in total. The smallest absolute Gasteiger partial charge is 0.497 e. The van der Waals surface area contributed by atoms with Gasteiger partial charge in [0.25, 0.3) is 5.91 Å². The minimum absolute atomic E-state index is 0.143. The maximum atomic E-state index is 14.4. The Balaban J connectivity index is 1.50. The lowest BCUT2D eigenvalue weighted by Gasteiger charge is -2.27. The first-order valence-corrected chi connectivity index (χ1v) is 13.9. The second-order valence-electron chi connectivity index (χ2n) is 10.4. The molecular formula is C31H28ClF3N4O4. The van der Waals surface area contributed by atoms with Gasteiger partial charge in [0, 0.05) is 40.4 Å². The molecule has 5 rings (SSSR count). The first-order chi connectivity index (χ1) is 20.5. The zero-order valence-corrected chi connectivity index (χ0v) is 24.1. The molecule has 0 saturated heterocycles. The van der Waals surface area contributed by atoms with Crippen LogP contribution >= 0.6 is 11.6 Å². The molecule has 1 saturated carbocycles. The summed E-state index contributed by atoms with van der Waals surface area (Å²) >= 11 is 6.14. The molecule has 0 aromatic heterocycles. The van der Waals surface area contributed by atoms with Gasteiger partial charge in [-0.3, -0.25) is 4.79 Å². The van der Waals surface area contributed by atoms with E-state index in [9.17, 15) is 18.0 Å². The van der Waals surface area contributed by atoms with E-state index >= 15 is 0 Å². The Kier molecular flexibility index (Phi) is 8.42. The number of fused-ring (bicyclic) bond motifs is 2. The first kappa shape index (κ1) is 30.0. The van der Waals surface area contributed by atoms with Crippen molar-refractivity contribution in [2.75, 3.05) is 30.5 Å². The van der Waals surface area contributed by atoms with E-state index in [-0.39, 0.29) is 30.1 Å². The van der Waals surface area contributed by atoms with Gasteiger partial charge in [-0.05, 0) is 61.2 Å². The summed E-state index contributed by atoms with van der Waals surface area (Å²) in [6.45, 7) is 2.23. The number of benzene rings is 3. The lowest BCUT2D eigenvalue weighted by atomic mass is 9.99. The number of hydrogen-bond donors (Lipinski definition) is 1. The quantitative estimate of drug-likeness (QED) is 0.149. The Morgan fingerprint density at radius 1 is 1.14 bits per heavy atom. The molecule has 3 aromatic rings. The number of anilines is 2. The largest absolute Gasteiger partial charge is 0.573 e. The third kappa shape index (κ3) is 6.81. The van der Waals surface area contributed by atoms with Crippen LogP contribution in [0.1, 0.15) is 48.9 Å². The molecule has 1 amide bonds. The molecule has 12 heteroatoms.